The van der Waals surface area contributed by atoms with Crippen molar-refractivity contribution < 1.29 is 9.53 Å². The van der Waals surface area contributed by atoms with Crippen LogP contribution in [0.3, 0.4) is 0 Å². The number of benzene rings is 1. The molecule has 0 bridgehead atoms. The van der Waals surface area contributed by atoms with Crippen LogP contribution in [0.15, 0.2) is 79.6 Å². The van der Waals surface area contributed by atoms with Crippen molar-refractivity contribution in [1.29, 1.82) is 0 Å². The molecule has 3 aromatic heterocycles. The van der Waals surface area contributed by atoms with E-state index in [4.69, 9.17) is 9.84 Å². The molecule has 0 saturated carbocycles. The molecule has 0 radical (unpaired) electrons. The molecular weight excluding hydrogens is 412 g/mol. The number of aromatic nitrogens is 4. The Hall–Kier alpha value is -3.80. The number of fused-ring (bicyclic) bond motifs is 1. The summed E-state index contributed by atoms with van der Waals surface area (Å²) in [4.78, 5) is 20.1. The first-order valence-corrected chi connectivity index (χ1v) is 11.3. The molecule has 6 heteroatoms. The first kappa shape index (κ1) is 21.1. The second kappa shape index (κ2) is 9.36. The highest BCUT2D eigenvalue weighted by atomic mass is 16.5. The maximum atomic E-state index is 11.4. The van der Waals surface area contributed by atoms with Gasteiger partial charge in [0.1, 0.15) is 5.75 Å². The Balaban J connectivity index is 1.35. The van der Waals surface area contributed by atoms with Crippen molar-refractivity contribution in [3.8, 4) is 5.75 Å². The van der Waals surface area contributed by atoms with Crippen LogP contribution in [-0.2, 0) is 24.2 Å². The molecule has 1 atom stereocenters. The van der Waals surface area contributed by atoms with Gasteiger partial charge in [-0.1, -0.05) is 24.3 Å². The summed E-state index contributed by atoms with van der Waals surface area (Å²) in [5.74, 6) is 0.953. The van der Waals surface area contributed by atoms with Crippen LogP contribution in [0.2, 0.25) is 0 Å². The number of ether oxygens (including phenoxy) is 1. The smallest absolute Gasteiger partial charge is 0.308 e. The van der Waals surface area contributed by atoms with Gasteiger partial charge in [0.25, 0.3) is 0 Å². The summed E-state index contributed by atoms with van der Waals surface area (Å²) < 4.78 is 7.47. The fourth-order valence-electron chi connectivity index (χ4n) is 4.82. The van der Waals surface area contributed by atoms with Gasteiger partial charge in [-0.05, 0) is 65.6 Å². The molecule has 5 rings (SSSR count). The largest absolute Gasteiger partial charge is 0.426 e. The third-order valence-electron chi connectivity index (χ3n) is 6.26. The zero-order valence-corrected chi connectivity index (χ0v) is 18.6. The number of esters is 1. The summed E-state index contributed by atoms with van der Waals surface area (Å²) in [7, 11) is 0. The van der Waals surface area contributed by atoms with E-state index in [2.05, 4.69) is 39.0 Å². The zero-order chi connectivity index (χ0) is 22.6. The number of hydrogen-bond acceptors (Lipinski definition) is 5. The number of hydrogen-bond donors (Lipinski definition) is 0. The van der Waals surface area contributed by atoms with E-state index in [1.165, 1.54) is 18.1 Å². The predicted octanol–water partition coefficient (Wildman–Crippen LogP) is 4.58. The molecule has 1 aliphatic rings. The molecule has 1 aromatic carbocycles. The van der Waals surface area contributed by atoms with Gasteiger partial charge in [-0.15, -0.1) is 0 Å². The number of rotatable bonds is 6. The molecular formula is C27H26N4O2. The van der Waals surface area contributed by atoms with E-state index in [0.717, 1.165) is 42.5 Å². The van der Waals surface area contributed by atoms with Crippen molar-refractivity contribution in [2.45, 2.75) is 38.6 Å². The van der Waals surface area contributed by atoms with Gasteiger partial charge < -0.3 is 4.74 Å². The molecule has 1 unspecified atom stereocenters. The second-order valence-electron chi connectivity index (χ2n) is 8.60. The van der Waals surface area contributed by atoms with Crippen LogP contribution in [0.4, 0.5) is 0 Å². The Labute approximate surface area is 193 Å². The van der Waals surface area contributed by atoms with Gasteiger partial charge in [-0.2, -0.15) is 5.10 Å². The van der Waals surface area contributed by atoms with Gasteiger partial charge in [0, 0.05) is 55.9 Å². The highest BCUT2D eigenvalue weighted by molar-refractivity contribution is 5.70. The normalized spacial score (nSPS) is 15.3. The van der Waals surface area contributed by atoms with E-state index in [1.807, 2.05) is 42.9 Å². The van der Waals surface area contributed by atoms with Crippen LogP contribution >= 0.6 is 0 Å². The van der Waals surface area contributed by atoms with Crippen LogP contribution in [0.5, 0.6) is 5.75 Å². The summed E-state index contributed by atoms with van der Waals surface area (Å²) in [6, 6.07) is 14.1. The van der Waals surface area contributed by atoms with Crippen molar-refractivity contribution in [2.75, 3.05) is 0 Å². The molecule has 33 heavy (non-hydrogen) atoms. The minimum Gasteiger partial charge on any atom is -0.426 e. The highest BCUT2D eigenvalue weighted by Crippen LogP contribution is 2.34. The van der Waals surface area contributed by atoms with Gasteiger partial charge in [-0.25, -0.2) is 0 Å². The van der Waals surface area contributed by atoms with E-state index in [0.29, 0.717) is 11.7 Å². The van der Waals surface area contributed by atoms with E-state index in [-0.39, 0.29) is 11.9 Å². The molecule has 0 amide bonds. The maximum Gasteiger partial charge on any atom is 0.308 e. The molecule has 6 nitrogen and oxygen atoms in total. The molecule has 4 aromatic rings. The van der Waals surface area contributed by atoms with Gasteiger partial charge in [-0.3, -0.25) is 19.4 Å². The lowest BCUT2D eigenvalue weighted by Crippen LogP contribution is -2.20. The first-order chi connectivity index (χ1) is 16.2. The fraction of sp³-hybridized carbons (Fsp3) is 0.259. The summed E-state index contributed by atoms with van der Waals surface area (Å²) in [6.07, 6.45) is 14.4. The van der Waals surface area contributed by atoms with E-state index in [9.17, 15) is 4.79 Å². The highest BCUT2D eigenvalue weighted by Gasteiger charge is 2.24. The third kappa shape index (κ3) is 4.70. The number of carbonyl (C=O) groups is 1. The molecule has 0 fully saturated rings. The summed E-state index contributed by atoms with van der Waals surface area (Å²) in [5.41, 5.74) is 5.80. The van der Waals surface area contributed by atoms with Crippen LogP contribution < -0.4 is 4.74 Å². The molecule has 1 aliphatic carbocycles. The van der Waals surface area contributed by atoms with Crippen LogP contribution in [0.1, 0.15) is 47.1 Å². The van der Waals surface area contributed by atoms with E-state index in [1.54, 1.807) is 12.4 Å². The number of nitrogens with zero attached hydrogens (tertiary/aromatic N) is 4. The Morgan fingerprint density at radius 1 is 1.03 bits per heavy atom. The number of pyridine rings is 2. The quantitative estimate of drug-likeness (QED) is 0.325. The van der Waals surface area contributed by atoms with E-state index < -0.39 is 0 Å². The zero-order valence-electron chi connectivity index (χ0n) is 18.6. The van der Waals surface area contributed by atoms with Crippen LogP contribution in [0.25, 0.3) is 0 Å². The summed E-state index contributed by atoms with van der Waals surface area (Å²) >= 11 is 0. The monoisotopic (exact) mass is 438 g/mol. The van der Waals surface area contributed by atoms with Crippen LogP contribution in [0, 0.1) is 5.92 Å². The van der Waals surface area contributed by atoms with Crippen LogP contribution in [-0.4, -0.2) is 25.7 Å². The fourth-order valence-corrected chi connectivity index (χ4v) is 4.82. The van der Waals surface area contributed by atoms with Crippen molar-refractivity contribution in [3.05, 3.63) is 107 Å². The standard InChI is InChI=1S/C27H26N4O2/c1-19(32)33-26-8-2-5-21-13-20(9-10-25(21)26)17-31-18-24(16-30-31)27(22-6-3-11-28-14-22)23-7-4-12-29-15-23/h2-8,11-12,14-16,18,20,27H,9-10,13,17H2,1H3. The van der Waals surface area contributed by atoms with Gasteiger partial charge in [0.2, 0.25) is 0 Å². The predicted molar refractivity (Wildman–Crippen MR) is 125 cm³/mol. The van der Waals surface area contributed by atoms with Crippen molar-refractivity contribution in [1.82, 2.24) is 19.7 Å². The SMILES string of the molecule is CC(=O)Oc1cccc2c1CCC(Cn1cc(C(c3cccnc3)c3cccnc3)cn1)C2. The lowest BCUT2D eigenvalue weighted by Gasteiger charge is -2.26. The molecule has 0 N–H and O–H groups in total. The Bertz CT molecular complexity index is 1200. The van der Waals surface area contributed by atoms with Crippen molar-refractivity contribution >= 4 is 5.97 Å². The topological polar surface area (TPSA) is 69.9 Å². The molecule has 0 aliphatic heterocycles. The second-order valence-corrected chi connectivity index (χ2v) is 8.60. The molecule has 0 saturated heterocycles. The van der Waals surface area contributed by atoms with Gasteiger partial charge in [0.05, 0.1) is 6.20 Å². The van der Waals surface area contributed by atoms with Gasteiger partial charge >= 0.3 is 5.97 Å². The van der Waals surface area contributed by atoms with E-state index >= 15 is 0 Å². The molecule has 3 heterocycles. The summed E-state index contributed by atoms with van der Waals surface area (Å²) in [5, 5.41) is 4.70. The summed E-state index contributed by atoms with van der Waals surface area (Å²) in [6.45, 7) is 2.30. The average molecular weight is 439 g/mol. The minimum absolute atomic E-state index is 0.0412. The third-order valence-corrected chi connectivity index (χ3v) is 6.26. The van der Waals surface area contributed by atoms with Crippen molar-refractivity contribution in [3.63, 3.8) is 0 Å². The lowest BCUT2D eigenvalue weighted by atomic mass is 9.83. The van der Waals surface area contributed by atoms with Gasteiger partial charge in [0.15, 0.2) is 0 Å². The first-order valence-electron chi connectivity index (χ1n) is 11.3. The number of carbonyl (C=O) groups excluding carboxylic acids is 1. The maximum absolute atomic E-state index is 11.4. The Kier molecular flexibility index (Phi) is 5.98. The molecule has 166 valence electrons. The minimum atomic E-state index is -0.272. The Morgan fingerprint density at radius 3 is 2.45 bits per heavy atom. The Morgan fingerprint density at radius 2 is 1.79 bits per heavy atom. The van der Waals surface area contributed by atoms with Crippen molar-refractivity contribution in [2.24, 2.45) is 5.92 Å². The average Bonchev–Trinajstić information content (AvgIpc) is 3.28. The lowest BCUT2D eigenvalue weighted by molar-refractivity contribution is -0.131. The molecule has 0 spiro atoms.